The smallest absolute Gasteiger partial charge is 0.114 e. The molecule has 1 atom stereocenters. The van der Waals surface area contributed by atoms with Crippen molar-refractivity contribution < 1.29 is 0 Å². The van der Waals surface area contributed by atoms with E-state index >= 15 is 0 Å². The number of H-pyrrole nitrogens is 1. The second-order valence-corrected chi connectivity index (χ2v) is 6.61. The van der Waals surface area contributed by atoms with E-state index in [4.69, 9.17) is 10.7 Å². The zero-order valence-electron chi connectivity index (χ0n) is 14.8. The number of benzene rings is 2. The van der Waals surface area contributed by atoms with Gasteiger partial charge in [0.05, 0.1) is 11.0 Å². The third-order valence-electron chi connectivity index (χ3n) is 5.13. The monoisotopic (exact) mass is 332 g/mol. The van der Waals surface area contributed by atoms with Gasteiger partial charge in [-0.25, -0.2) is 4.98 Å². The highest BCUT2D eigenvalue weighted by molar-refractivity contribution is 5.84. The first-order chi connectivity index (χ1) is 12.2. The highest BCUT2D eigenvalue weighted by Crippen LogP contribution is 2.29. The van der Waals surface area contributed by atoms with Gasteiger partial charge >= 0.3 is 0 Å². The average Bonchev–Trinajstić information content (AvgIpc) is 3.16. The first kappa shape index (κ1) is 15.9. The van der Waals surface area contributed by atoms with Gasteiger partial charge < -0.3 is 15.3 Å². The fraction of sp³-hybridized carbons (Fsp3) is 0.286. The maximum Gasteiger partial charge on any atom is 0.114 e. The molecule has 4 rings (SSSR count). The molecule has 0 aliphatic carbocycles. The van der Waals surface area contributed by atoms with Crippen LogP contribution in [0.3, 0.4) is 0 Å². The number of para-hydroxylation sites is 3. The van der Waals surface area contributed by atoms with Gasteiger partial charge in [-0.1, -0.05) is 30.3 Å². The summed E-state index contributed by atoms with van der Waals surface area (Å²) in [6, 6.07) is 16.8. The van der Waals surface area contributed by atoms with E-state index in [0.29, 0.717) is 6.54 Å². The summed E-state index contributed by atoms with van der Waals surface area (Å²) < 4.78 is 2.30. The number of hydrogen-bond acceptors (Lipinski definition) is 2. The van der Waals surface area contributed by atoms with Crippen LogP contribution in [0.15, 0.2) is 48.5 Å². The average molecular weight is 332 g/mol. The van der Waals surface area contributed by atoms with E-state index in [1.165, 1.54) is 27.7 Å². The summed E-state index contributed by atoms with van der Waals surface area (Å²) >= 11 is 0. The van der Waals surface area contributed by atoms with Gasteiger partial charge in [0.2, 0.25) is 0 Å². The molecule has 0 saturated heterocycles. The van der Waals surface area contributed by atoms with Crippen molar-refractivity contribution in [2.24, 2.45) is 5.73 Å². The van der Waals surface area contributed by atoms with Gasteiger partial charge in [-0.2, -0.15) is 0 Å². The molecular formula is C21H24N4. The maximum atomic E-state index is 6.20. The molecule has 0 aliphatic heterocycles. The molecule has 4 aromatic rings. The van der Waals surface area contributed by atoms with Crippen LogP contribution in [-0.2, 0) is 13.0 Å². The number of imidazole rings is 1. The summed E-state index contributed by atoms with van der Waals surface area (Å²) in [7, 11) is 0. The normalized spacial score (nSPS) is 12.9. The minimum atomic E-state index is 0.199. The number of nitrogens with two attached hydrogens (primary N) is 1. The molecule has 128 valence electrons. The number of rotatable bonds is 5. The Hall–Kier alpha value is -2.59. The molecule has 0 amide bonds. The van der Waals surface area contributed by atoms with Crippen LogP contribution in [0.4, 0.5) is 0 Å². The van der Waals surface area contributed by atoms with E-state index in [-0.39, 0.29) is 5.92 Å². The van der Waals surface area contributed by atoms with E-state index in [1.54, 1.807) is 0 Å². The Bertz CT molecular complexity index is 1020. The van der Waals surface area contributed by atoms with Crippen molar-refractivity contribution in [1.29, 1.82) is 0 Å². The fourth-order valence-electron chi connectivity index (χ4n) is 3.86. The first-order valence-corrected chi connectivity index (χ1v) is 8.94. The SMILES string of the molecule is CCn1c(C(CN)Cc2c(C)[nH]c3ccccc23)nc2ccccc21. The lowest BCUT2D eigenvalue weighted by Gasteiger charge is -2.16. The molecule has 2 aromatic heterocycles. The van der Waals surface area contributed by atoms with Crippen molar-refractivity contribution in [1.82, 2.24) is 14.5 Å². The number of nitrogens with zero attached hydrogens (tertiary/aromatic N) is 2. The third kappa shape index (κ3) is 2.63. The maximum absolute atomic E-state index is 6.20. The number of fused-ring (bicyclic) bond motifs is 2. The van der Waals surface area contributed by atoms with Crippen LogP contribution < -0.4 is 5.73 Å². The Kier molecular flexibility index (Phi) is 4.06. The van der Waals surface area contributed by atoms with Crippen molar-refractivity contribution in [2.45, 2.75) is 32.7 Å². The van der Waals surface area contributed by atoms with Gasteiger partial charge in [0.25, 0.3) is 0 Å². The predicted octanol–water partition coefficient (Wildman–Crippen LogP) is 4.13. The van der Waals surface area contributed by atoms with Crippen molar-refractivity contribution >= 4 is 21.9 Å². The number of nitrogens with one attached hydrogen (secondary N) is 1. The largest absolute Gasteiger partial charge is 0.358 e. The Morgan fingerprint density at radius 3 is 2.68 bits per heavy atom. The molecule has 0 fully saturated rings. The fourth-order valence-corrected chi connectivity index (χ4v) is 3.86. The number of hydrogen-bond donors (Lipinski definition) is 2. The Morgan fingerprint density at radius 2 is 1.88 bits per heavy atom. The number of aromatic amines is 1. The van der Waals surface area contributed by atoms with Gasteiger partial charge in [0.1, 0.15) is 5.82 Å². The first-order valence-electron chi connectivity index (χ1n) is 8.94. The topological polar surface area (TPSA) is 59.6 Å². The number of aryl methyl sites for hydroxylation is 2. The summed E-state index contributed by atoms with van der Waals surface area (Å²) in [5.74, 6) is 1.29. The van der Waals surface area contributed by atoms with E-state index in [2.05, 4.69) is 65.9 Å². The molecule has 25 heavy (non-hydrogen) atoms. The third-order valence-corrected chi connectivity index (χ3v) is 5.13. The summed E-state index contributed by atoms with van der Waals surface area (Å²) in [5, 5.41) is 1.29. The van der Waals surface area contributed by atoms with Crippen molar-refractivity contribution in [3.63, 3.8) is 0 Å². The van der Waals surface area contributed by atoms with Gasteiger partial charge in [-0.3, -0.25) is 0 Å². The van der Waals surface area contributed by atoms with E-state index in [0.717, 1.165) is 24.3 Å². The summed E-state index contributed by atoms with van der Waals surface area (Å²) in [6.45, 7) is 5.80. The Morgan fingerprint density at radius 1 is 1.12 bits per heavy atom. The van der Waals surface area contributed by atoms with Crippen LogP contribution in [0.5, 0.6) is 0 Å². The minimum Gasteiger partial charge on any atom is -0.358 e. The molecule has 2 aromatic carbocycles. The molecular weight excluding hydrogens is 308 g/mol. The number of aromatic nitrogens is 3. The zero-order valence-corrected chi connectivity index (χ0v) is 14.8. The van der Waals surface area contributed by atoms with Gasteiger partial charge in [-0.15, -0.1) is 0 Å². The van der Waals surface area contributed by atoms with Crippen LogP contribution in [0, 0.1) is 6.92 Å². The highest BCUT2D eigenvalue weighted by atomic mass is 15.1. The van der Waals surface area contributed by atoms with E-state index < -0.39 is 0 Å². The van der Waals surface area contributed by atoms with Gasteiger partial charge in [-0.05, 0) is 44.0 Å². The van der Waals surface area contributed by atoms with E-state index in [1.807, 2.05) is 6.07 Å². The van der Waals surface area contributed by atoms with Gasteiger partial charge in [0.15, 0.2) is 0 Å². The molecule has 0 aliphatic rings. The van der Waals surface area contributed by atoms with Crippen molar-refractivity contribution in [3.8, 4) is 0 Å². The lowest BCUT2D eigenvalue weighted by molar-refractivity contribution is 0.598. The molecule has 2 heterocycles. The van der Waals surface area contributed by atoms with E-state index in [9.17, 15) is 0 Å². The van der Waals surface area contributed by atoms with Crippen LogP contribution >= 0.6 is 0 Å². The molecule has 3 N–H and O–H groups in total. The van der Waals surface area contributed by atoms with Gasteiger partial charge in [0, 0.05) is 35.6 Å². The van der Waals surface area contributed by atoms with Crippen LogP contribution in [0.1, 0.15) is 29.9 Å². The molecule has 4 nitrogen and oxygen atoms in total. The summed E-state index contributed by atoms with van der Waals surface area (Å²) in [6.07, 6.45) is 0.898. The molecule has 4 heteroatoms. The zero-order chi connectivity index (χ0) is 17.4. The van der Waals surface area contributed by atoms with Crippen molar-refractivity contribution in [2.75, 3.05) is 6.54 Å². The molecule has 0 radical (unpaired) electrons. The van der Waals surface area contributed by atoms with Crippen molar-refractivity contribution in [3.05, 3.63) is 65.6 Å². The highest BCUT2D eigenvalue weighted by Gasteiger charge is 2.21. The standard InChI is InChI=1S/C21H24N4/c1-3-25-20-11-7-6-10-19(20)24-21(25)15(13-22)12-17-14(2)23-18-9-5-4-8-16(17)18/h4-11,15,23H,3,12-13,22H2,1-2H3. The molecule has 0 spiro atoms. The Labute approximate surface area is 147 Å². The Balaban J connectivity index is 1.79. The minimum absolute atomic E-state index is 0.199. The second kappa shape index (κ2) is 6.37. The molecule has 1 unspecified atom stereocenters. The van der Waals surface area contributed by atoms with Crippen LogP contribution in [-0.4, -0.2) is 21.1 Å². The van der Waals surface area contributed by atoms with Crippen LogP contribution in [0.2, 0.25) is 0 Å². The molecule has 0 saturated carbocycles. The molecule has 0 bridgehead atoms. The summed E-state index contributed by atoms with van der Waals surface area (Å²) in [4.78, 5) is 8.41. The predicted molar refractivity (Wildman–Crippen MR) is 104 cm³/mol. The van der Waals surface area contributed by atoms with Crippen LogP contribution in [0.25, 0.3) is 21.9 Å². The summed E-state index contributed by atoms with van der Waals surface area (Å²) in [5.41, 5.74) is 12.2. The second-order valence-electron chi connectivity index (χ2n) is 6.61. The lowest BCUT2D eigenvalue weighted by Crippen LogP contribution is -2.19. The lowest BCUT2D eigenvalue weighted by atomic mass is 9.96. The quantitative estimate of drug-likeness (QED) is 0.577.